The molecule has 1 aromatic heterocycles. The molecule has 1 amide bonds. The highest BCUT2D eigenvalue weighted by Crippen LogP contribution is 2.29. The van der Waals surface area contributed by atoms with Gasteiger partial charge in [-0.15, -0.1) is 0 Å². The van der Waals surface area contributed by atoms with Crippen molar-refractivity contribution < 1.29 is 18.7 Å². The quantitative estimate of drug-likeness (QED) is 0.589. The van der Waals surface area contributed by atoms with Gasteiger partial charge in [-0.05, 0) is 49.8 Å². The van der Waals surface area contributed by atoms with E-state index in [4.69, 9.17) is 13.9 Å². The van der Waals surface area contributed by atoms with Crippen LogP contribution in [0.1, 0.15) is 25.2 Å². The Bertz CT molecular complexity index is 773. The largest absolute Gasteiger partial charge is 0.490 e. The fourth-order valence-electron chi connectivity index (χ4n) is 2.15. The summed E-state index contributed by atoms with van der Waals surface area (Å²) < 4.78 is 16.2. The molecule has 0 saturated carbocycles. The van der Waals surface area contributed by atoms with Gasteiger partial charge in [0.1, 0.15) is 17.4 Å². The van der Waals surface area contributed by atoms with E-state index in [0.717, 1.165) is 0 Å². The van der Waals surface area contributed by atoms with Crippen molar-refractivity contribution in [1.29, 1.82) is 5.26 Å². The minimum atomic E-state index is -0.467. The third-order valence-electron chi connectivity index (χ3n) is 3.25. The number of carbonyl (C=O) groups is 1. The lowest BCUT2D eigenvalue weighted by atomic mass is 10.1. The molecular formula is C19H20N2O4. The third kappa shape index (κ3) is 5.15. The lowest BCUT2D eigenvalue weighted by molar-refractivity contribution is -0.117. The minimum Gasteiger partial charge on any atom is -0.490 e. The highest BCUT2D eigenvalue weighted by atomic mass is 16.5. The summed E-state index contributed by atoms with van der Waals surface area (Å²) in [6.07, 6.45) is 3.04. The van der Waals surface area contributed by atoms with Gasteiger partial charge >= 0.3 is 0 Å². The van der Waals surface area contributed by atoms with Crippen molar-refractivity contribution in [1.82, 2.24) is 5.32 Å². The van der Waals surface area contributed by atoms with Gasteiger partial charge in [0.05, 0.1) is 26.0 Å². The average Bonchev–Trinajstić information content (AvgIpc) is 3.13. The van der Waals surface area contributed by atoms with Gasteiger partial charge < -0.3 is 19.2 Å². The van der Waals surface area contributed by atoms with Crippen molar-refractivity contribution >= 4 is 12.0 Å². The molecule has 0 bridgehead atoms. The van der Waals surface area contributed by atoms with E-state index in [1.54, 1.807) is 30.3 Å². The van der Waals surface area contributed by atoms with E-state index in [1.807, 2.05) is 19.9 Å². The summed E-state index contributed by atoms with van der Waals surface area (Å²) in [5, 5.41) is 11.9. The normalized spacial score (nSPS) is 10.8. The number of nitrogens with one attached hydrogen (secondary N) is 1. The molecule has 0 aliphatic carbocycles. The van der Waals surface area contributed by atoms with Crippen molar-refractivity contribution in [2.24, 2.45) is 0 Å². The molecule has 0 saturated heterocycles. The number of ether oxygens (including phenoxy) is 2. The van der Waals surface area contributed by atoms with Crippen LogP contribution < -0.4 is 14.8 Å². The van der Waals surface area contributed by atoms with Gasteiger partial charge in [0, 0.05) is 0 Å². The molecule has 0 radical (unpaired) electrons. The van der Waals surface area contributed by atoms with E-state index < -0.39 is 5.91 Å². The maximum atomic E-state index is 12.2. The Morgan fingerprint density at radius 1 is 1.24 bits per heavy atom. The summed E-state index contributed by atoms with van der Waals surface area (Å²) in [4.78, 5) is 12.2. The number of rotatable bonds is 8. The molecule has 130 valence electrons. The molecule has 1 N–H and O–H groups in total. The number of amides is 1. The zero-order chi connectivity index (χ0) is 18.1. The molecule has 25 heavy (non-hydrogen) atoms. The molecule has 0 atom stereocenters. The third-order valence-corrected chi connectivity index (χ3v) is 3.25. The van der Waals surface area contributed by atoms with Crippen LogP contribution in [0.15, 0.2) is 46.6 Å². The van der Waals surface area contributed by atoms with Crippen LogP contribution in [0.5, 0.6) is 11.5 Å². The summed E-state index contributed by atoms with van der Waals surface area (Å²) in [5.41, 5.74) is 0.676. The number of carbonyl (C=O) groups excluding carboxylic acids is 1. The molecule has 0 aliphatic rings. The van der Waals surface area contributed by atoms with Crippen LogP contribution in [0.3, 0.4) is 0 Å². The summed E-state index contributed by atoms with van der Waals surface area (Å²) >= 11 is 0. The van der Waals surface area contributed by atoms with Gasteiger partial charge in [-0.2, -0.15) is 5.26 Å². The number of furan rings is 1. The Labute approximate surface area is 146 Å². The van der Waals surface area contributed by atoms with Crippen molar-refractivity contribution in [3.8, 4) is 17.6 Å². The van der Waals surface area contributed by atoms with E-state index >= 15 is 0 Å². The minimum absolute atomic E-state index is 0.00170. The van der Waals surface area contributed by atoms with Gasteiger partial charge in [-0.25, -0.2) is 0 Å². The van der Waals surface area contributed by atoms with E-state index in [-0.39, 0.29) is 12.1 Å². The van der Waals surface area contributed by atoms with E-state index in [9.17, 15) is 10.1 Å². The molecule has 1 aromatic carbocycles. The fraction of sp³-hybridized carbons (Fsp3) is 0.263. The molecular weight excluding hydrogens is 320 g/mol. The standard InChI is InChI=1S/C19H20N2O4/c1-3-23-17-8-7-14(11-18(17)24-4-2)10-15(12-20)19(22)21-13-16-6-5-9-25-16/h5-11H,3-4,13H2,1-2H3,(H,21,22)/b15-10-. The molecule has 1 heterocycles. The Hall–Kier alpha value is -3.20. The van der Waals surface area contributed by atoms with Crippen molar-refractivity contribution in [2.45, 2.75) is 20.4 Å². The average molecular weight is 340 g/mol. The van der Waals surface area contributed by atoms with Crippen LogP contribution in [0, 0.1) is 11.3 Å². The van der Waals surface area contributed by atoms with Gasteiger partial charge in [-0.1, -0.05) is 6.07 Å². The van der Waals surface area contributed by atoms with Crippen LogP contribution in [0.2, 0.25) is 0 Å². The summed E-state index contributed by atoms with van der Waals surface area (Å²) in [5.74, 6) is 1.35. The zero-order valence-corrected chi connectivity index (χ0v) is 14.2. The first-order valence-corrected chi connectivity index (χ1v) is 8.00. The molecule has 2 rings (SSSR count). The SMILES string of the molecule is CCOc1ccc(/C=C(/C#N)C(=O)NCc2ccco2)cc1OCC. The second-order valence-corrected chi connectivity index (χ2v) is 5.00. The number of benzene rings is 1. The predicted molar refractivity (Wildman–Crippen MR) is 92.9 cm³/mol. The Balaban J connectivity index is 2.15. The molecule has 2 aromatic rings. The van der Waals surface area contributed by atoms with Gasteiger partial charge in [0.25, 0.3) is 5.91 Å². The molecule has 0 spiro atoms. The smallest absolute Gasteiger partial charge is 0.262 e. The Morgan fingerprint density at radius 3 is 2.64 bits per heavy atom. The maximum Gasteiger partial charge on any atom is 0.262 e. The molecule has 0 fully saturated rings. The Morgan fingerprint density at radius 2 is 2.00 bits per heavy atom. The van der Waals surface area contributed by atoms with Gasteiger partial charge in [-0.3, -0.25) is 4.79 Å². The fourth-order valence-corrected chi connectivity index (χ4v) is 2.15. The predicted octanol–water partition coefficient (Wildman–Crippen LogP) is 3.30. The Kier molecular flexibility index (Phi) is 6.66. The second kappa shape index (κ2) is 9.18. The summed E-state index contributed by atoms with van der Waals surface area (Å²) in [7, 11) is 0. The highest BCUT2D eigenvalue weighted by molar-refractivity contribution is 6.01. The first-order chi connectivity index (χ1) is 12.2. The van der Waals surface area contributed by atoms with E-state index in [1.165, 1.54) is 12.3 Å². The van der Waals surface area contributed by atoms with Gasteiger partial charge in [0.2, 0.25) is 0 Å². The van der Waals surface area contributed by atoms with Crippen molar-refractivity contribution in [3.63, 3.8) is 0 Å². The van der Waals surface area contributed by atoms with Crippen molar-refractivity contribution in [2.75, 3.05) is 13.2 Å². The topological polar surface area (TPSA) is 84.5 Å². The number of hydrogen-bond acceptors (Lipinski definition) is 5. The van der Waals surface area contributed by atoms with Crippen LogP contribution in [0.25, 0.3) is 6.08 Å². The lowest BCUT2D eigenvalue weighted by Crippen LogP contribution is -2.23. The first-order valence-electron chi connectivity index (χ1n) is 8.00. The molecule has 6 nitrogen and oxygen atoms in total. The molecule has 0 unspecified atom stereocenters. The van der Waals surface area contributed by atoms with Crippen LogP contribution in [0.4, 0.5) is 0 Å². The van der Waals surface area contributed by atoms with E-state index in [2.05, 4.69) is 5.32 Å². The monoisotopic (exact) mass is 340 g/mol. The van der Waals surface area contributed by atoms with Crippen molar-refractivity contribution in [3.05, 3.63) is 53.5 Å². The van der Waals surface area contributed by atoms with E-state index in [0.29, 0.717) is 36.0 Å². The summed E-state index contributed by atoms with van der Waals surface area (Å²) in [6, 6.07) is 10.7. The van der Waals surface area contributed by atoms with Crippen LogP contribution >= 0.6 is 0 Å². The lowest BCUT2D eigenvalue weighted by Gasteiger charge is -2.11. The number of nitrogens with zero attached hydrogens (tertiary/aromatic N) is 1. The van der Waals surface area contributed by atoms with Gasteiger partial charge in [0.15, 0.2) is 11.5 Å². The molecule has 6 heteroatoms. The summed E-state index contributed by atoms with van der Waals surface area (Å²) in [6.45, 7) is 5.00. The maximum absolute atomic E-state index is 12.2. The second-order valence-electron chi connectivity index (χ2n) is 5.00. The highest BCUT2D eigenvalue weighted by Gasteiger charge is 2.11. The zero-order valence-electron chi connectivity index (χ0n) is 14.2. The number of hydrogen-bond donors (Lipinski definition) is 1. The molecule has 0 aliphatic heterocycles. The number of nitriles is 1. The van der Waals surface area contributed by atoms with Crippen LogP contribution in [-0.2, 0) is 11.3 Å². The first kappa shape index (κ1) is 18.1. The van der Waals surface area contributed by atoms with Crippen LogP contribution in [-0.4, -0.2) is 19.1 Å².